The zero-order valence-corrected chi connectivity index (χ0v) is 15.9. The number of anilines is 1. The van der Waals surface area contributed by atoms with E-state index in [9.17, 15) is 4.79 Å². The molecule has 1 amide bonds. The third-order valence-electron chi connectivity index (χ3n) is 3.36. The average molecular weight is 401 g/mol. The Balaban J connectivity index is 1.72. The predicted octanol–water partition coefficient (Wildman–Crippen LogP) is 7.07. The number of carbonyl (C=O) groups excluding carboxylic acids is 1. The lowest BCUT2D eigenvalue weighted by Crippen LogP contribution is -2.04. The van der Waals surface area contributed by atoms with Crippen molar-refractivity contribution in [1.82, 2.24) is 0 Å². The van der Waals surface area contributed by atoms with Gasteiger partial charge in [0.25, 0.3) is 5.24 Å². The summed E-state index contributed by atoms with van der Waals surface area (Å²) in [7, 11) is 0. The van der Waals surface area contributed by atoms with Gasteiger partial charge in [-0.15, -0.1) is 0 Å². The first-order valence-electron chi connectivity index (χ1n) is 7.73. The molecule has 0 aliphatic carbocycles. The Labute approximate surface area is 166 Å². The molecule has 130 valence electrons. The van der Waals surface area contributed by atoms with Crippen LogP contribution in [0.1, 0.15) is 5.56 Å². The minimum Gasteiger partial charge on any atom is -0.317 e. The summed E-state index contributed by atoms with van der Waals surface area (Å²) in [6.07, 6.45) is 1.74. The lowest BCUT2D eigenvalue weighted by Gasteiger charge is -2.07. The van der Waals surface area contributed by atoms with Gasteiger partial charge >= 0.3 is 0 Å². The molecule has 0 radical (unpaired) electrons. The predicted molar refractivity (Wildman–Crippen MR) is 111 cm³/mol. The van der Waals surface area contributed by atoms with Gasteiger partial charge in [-0.2, -0.15) is 0 Å². The number of amides is 1. The van der Waals surface area contributed by atoms with Crippen molar-refractivity contribution in [1.29, 1.82) is 0 Å². The van der Waals surface area contributed by atoms with E-state index in [1.54, 1.807) is 30.5 Å². The number of thioether (sulfide) groups is 1. The molecule has 0 saturated carbocycles. The highest BCUT2D eigenvalue weighted by Crippen LogP contribution is 2.31. The number of halogens is 2. The molecule has 0 spiro atoms. The number of hydrogen-bond donors (Lipinski definition) is 1. The van der Waals surface area contributed by atoms with Crippen LogP contribution in [-0.2, 0) is 0 Å². The SMILES string of the molecule is O=C(Nc1cccc(Cl)c1)Sc1ccccc1N=Cc1ccc(Cl)cc1. The molecule has 3 nitrogen and oxygen atoms in total. The first-order chi connectivity index (χ1) is 12.6. The van der Waals surface area contributed by atoms with Crippen molar-refractivity contribution >= 4 is 57.8 Å². The van der Waals surface area contributed by atoms with Crippen molar-refractivity contribution in [3.8, 4) is 0 Å². The molecule has 3 aromatic carbocycles. The quantitative estimate of drug-likeness (QED) is 0.375. The Kier molecular flexibility index (Phi) is 6.34. The van der Waals surface area contributed by atoms with Gasteiger partial charge in [0, 0.05) is 26.8 Å². The fraction of sp³-hybridized carbons (Fsp3) is 0. The van der Waals surface area contributed by atoms with Crippen LogP contribution >= 0.6 is 35.0 Å². The van der Waals surface area contributed by atoms with E-state index in [4.69, 9.17) is 23.2 Å². The summed E-state index contributed by atoms with van der Waals surface area (Å²) in [4.78, 5) is 17.6. The second-order valence-electron chi connectivity index (χ2n) is 5.30. The Morgan fingerprint density at radius 1 is 0.923 bits per heavy atom. The molecule has 0 saturated heterocycles. The van der Waals surface area contributed by atoms with Crippen LogP contribution in [0.3, 0.4) is 0 Å². The fourth-order valence-electron chi connectivity index (χ4n) is 2.15. The highest BCUT2D eigenvalue weighted by atomic mass is 35.5. The van der Waals surface area contributed by atoms with Crippen LogP contribution in [0, 0.1) is 0 Å². The molecule has 3 aromatic rings. The van der Waals surface area contributed by atoms with Crippen LogP contribution in [0.2, 0.25) is 10.0 Å². The van der Waals surface area contributed by atoms with Gasteiger partial charge in [-0.25, -0.2) is 0 Å². The summed E-state index contributed by atoms with van der Waals surface area (Å²) in [6.45, 7) is 0. The number of rotatable bonds is 4. The maximum absolute atomic E-state index is 12.3. The van der Waals surface area contributed by atoms with Crippen LogP contribution in [-0.4, -0.2) is 11.5 Å². The summed E-state index contributed by atoms with van der Waals surface area (Å²) in [6, 6.07) is 21.9. The van der Waals surface area contributed by atoms with Crippen LogP contribution in [0.5, 0.6) is 0 Å². The van der Waals surface area contributed by atoms with Crippen molar-refractivity contribution in [3.63, 3.8) is 0 Å². The molecule has 0 fully saturated rings. The van der Waals surface area contributed by atoms with E-state index in [1.165, 1.54) is 0 Å². The second kappa shape index (κ2) is 8.90. The molecule has 0 aromatic heterocycles. The topological polar surface area (TPSA) is 41.5 Å². The van der Waals surface area contributed by atoms with E-state index in [-0.39, 0.29) is 5.24 Å². The second-order valence-corrected chi connectivity index (χ2v) is 7.19. The van der Waals surface area contributed by atoms with Gasteiger partial charge in [0.15, 0.2) is 0 Å². The van der Waals surface area contributed by atoms with Gasteiger partial charge in [-0.3, -0.25) is 9.79 Å². The molecular formula is C20H14Cl2N2OS. The van der Waals surface area contributed by atoms with Crippen molar-refractivity contribution in [2.75, 3.05) is 5.32 Å². The average Bonchev–Trinajstić information content (AvgIpc) is 2.62. The van der Waals surface area contributed by atoms with Gasteiger partial charge in [-0.05, 0) is 59.8 Å². The third-order valence-corrected chi connectivity index (χ3v) is 4.70. The van der Waals surface area contributed by atoms with E-state index in [0.29, 0.717) is 21.4 Å². The van der Waals surface area contributed by atoms with Gasteiger partial charge < -0.3 is 5.32 Å². The normalized spacial score (nSPS) is 10.8. The van der Waals surface area contributed by atoms with Crippen LogP contribution in [0.25, 0.3) is 0 Å². The molecule has 0 atom stereocenters. The van der Waals surface area contributed by atoms with Crippen LogP contribution in [0.15, 0.2) is 82.7 Å². The van der Waals surface area contributed by atoms with E-state index in [2.05, 4.69) is 10.3 Å². The number of hydrogen-bond acceptors (Lipinski definition) is 3. The molecule has 0 aliphatic heterocycles. The third kappa shape index (κ3) is 5.36. The van der Waals surface area contributed by atoms with Gasteiger partial charge in [-0.1, -0.05) is 53.5 Å². The monoisotopic (exact) mass is 400 g/mol. The molecule has 0 unspecified atom stereocenters. The van der Waals surface area contributed by atoms with E-state index >= 15 is 0 Å². The summed E-state index contributed by atoms with van der Waals surface area (Å²) in [5.41, 5.74) is 2.29. The number of nitrogens with one attached hydrogen (secondary N) is 1. The maximum atomic E-state index is 12.3. The van der Waals surface area contributed by atoms with Crippen LogP contribution in [0.4, 0.5) is 16.2 Å². The standard InChI is InChI=1S/C20H14Cl2N2OS/c21-15-10-8-14(9-11-15)13-23-18-6-1-2-7-19(18)26-20(25)24-17-5-3-4-16(22)12-17/h1-13H,(H,24,25). The van der Waals surface area contributed by atoms with E-state index < -0.39 is 0 Å². The number of aliphatic imine (C=N–C) groups is 1. The molecular weight excluding hydrogens is 387 g/mol. The summed E-state index contributed by atoms with van der Waals surface area (Å²) in [5.74, 6) is 0. The minimum atomic E-state index is -0.207. The first kappa shape index (κ1) is 18.5. The minimum absolute atomic E-state index is 0.207. The summed E-state index contributed by atoms with van der Waals surface area (Å²) >= 11 is 12.9. The molecule has 3 rings (SSSR count). The maximum Gasteiger partial charge on any atom is 0.288 e. The number of benzene rings is 3. The largest absolute Gasteiger partial charge is 0.317 e. The van der Waals surface area contributed by atoms with Crippen molar-refractivity contribution in [2.45, 2.75) is 4.90 Å². The highest BCUT2D eigenvalue weighted by Gasteiger charge is 2.09. The summed E-state index contributed by atoms with van der Waals surface area (Å²) in [5, 5.41) is 3.85. The number of para-hydroxylation sites is 1. The van der Waals surface area contributed by atoms with Gasteiger partial charge in [0.1, 0.15) is 0 Å². The fourth-order valence-corrected chi connectivity index (χ4v) is 3.21. The van der Waals surface area contributed by atoms with E-state index in [1.807, 2.05) is 48.5 Å². The van der Waals surface area contributed by atoms with E-state index in [0.717, 1.165) is 22.2 Å². The first-order valence-corrected chi connectivity index (χ1v) is 9.30. The molecule has 0 bridgehead atoms. The van der Waals surface area contributed by atoms with Crippen molar-refractivity contribution < 1.29 is 4.79 Å². The van der Waals surface area contributed by atoms with Crippen LogP contribution < -0.4 is 5.32 Å². The Morgan fingerprint density at radius 3 is 2.46 bits per heavy atom. The Morgan fingerprint density at radius 2 is 1.69 bits per heavy atom. The zero-order valence-electron chi connectivity index (χ0n) is 13.5. The van der Waals surface area contributed by atoms with Gasteiger partial charge in [0.05, 0.1) is 5.69 Å². The Bertz CT molecular complexity index is 943. The highest BCUT2D eigenvalue weighted by molar-refractivity contribution is 8.14. The molecule has 0 heterocycles. The molecule has 6 heteroatoms. The summed E-state index contributed by atoms with van der Waals surface area (Å²) < 4.78 is 0. The smallest absolute Gasteiger partial charge is 0.288 e. The zero-order chi connectivity index (χ0) is 18.4. The molecule has 26 heavy (non-hydrogen) atoms. The number of carbonyl (C=O) groups is 1. The Hall–Kier alpha value is -2.27. The lowest BCUT2D eigenvalue weighted by molar-refractivity contribution is 0.270. The van der Waals surface area contributed by atoms with Gasteiger partial charge in [0.2, 0.25) is 0 Å². The molecule has 1 N–H and O–H groups in total. The lowest BCUT2D eigenvalue weighted by atomic mass is 10.2. The van der Waals surface area contributed by atoms with Crippen molar-refractivity contribution in [2.24, 2.45) is 4.99 Å². The van der Waals surface area contributed by atoms with Crippen molar-refractivity contribution in [3.05, 3.63) is 88.4 Å². The number of nitrogens with zero attached hydrogens (tertiary/aromatic N) is 1. The molecule has 0 aliphatic rings.